The van der Waals surface area contributed by atoms with Crippen LogP contribution in [0, 0.1) is 0 Å². The molecule has 1 amide bonds. The standard InChI is InChI=1S/C15H27N5O/c1-5-8-12-14(16-4)18-11-19-15(12)17-10-9-13(21)20(6-2)7-3/h11H,5-10H2,1-4H3,(H2,16,17,18,19). The van der Waals surface area contributed by atoms with Crippen molar-refractivity contribution in [3.63, 3.8) is 0 Å². The van der Waals surface area contributed by atoms with Crippen LogP contribution >= 0.6 is 0 Å². The summed E-state index contributed by atoms with van der Waals surface area (Å²) in [6.45, 7) is 8.23. The number of hydrogen-bond donors (Lipinski definition) is 2. The number of rotatable bonds is 9. The summed E-state index contributed by atoms with van der Waals surface area (Å²) in [6, 6.07) is 0. The lowest BCUT2D eigenvalue weighted by molar-refractivity contribution is -0.130. The molecule has 0 bridgehead atoms. The molecule has 1 aromatic heterocycles. The highest BCUT2D eigenvalue weighted by molar-refractivity contribution is 5.76. The van der Waals surface area contributed by atoms with Crippen LogP contribution in [0.25, 0.3) is 0 Å². The van der Waals surface area contributed by atoms with E-state index in [-0.39, 0.29) is 5.91 Å². The van der Waals surface area contributed by atoms with Gasteiger partial charge < -0.3 is 15.5 Å². The molecule has 0 aliphatic heterocycles. The van der Waals surface area contributed by atoms with Crippen molar-refractivity contribution < 1.29 is 4.79 Å². The average molecular weight is 293 g/mol. The molecule has 1 heterocycles. The second kappa shape index (κ2) is 9.15. The van der Waals surface area contributed by atoms with Gasteiger partial charge in [0.1, 0.15) is 18.0 Å². The molecule has 118 valence electrons. The predicted octanol–water partition coefficient (Wildman–Crippen LogP) is 2.14. The van der Waals surface area contributed by atoms with Crippen molar-refractivity contribution >= 4 is 17.5 Å². The Hall–Kier alpha value is -1.85. The van der Waals surface area contributed by atoms with Gasteiger partial charge in [-0.15, -0.1) is 0 Å². The molecule has 6 nitrogen and oxygen atoms in total. The van der Waals surface area contributed by atoms with Crippen LogP contribution in [0.3, 0.4) is 0 Å². The molecule has 1 aromatic rings. The summed E-state index contributed by atoms with van der Waals surface area (Å²) < 4.78 is 0. The van der Waals surface area contributed by atoms with Gasteiger partial charge in [0.2, 0.25) is 5.91 Å². The third-order valence-corrected chi connectivity index (χ3v) is 3.43. The molecule has 0 aromatic carbocycles. The zero-order valence-electron chi connectivity index (χ0n) is 13.6. The first-order valence-corrected chi connectivity index (χ1v) is 7.71. The molecular formula is C15H27N5O. The van der Waals surface area contributed by atoms with Gasteiger partial charge in [0.25, 0.3) is 0 Å². The summed E-state index contributed by atoms with van der Waals surface area (Å²) in [5, 5.41) is 6.36. The molecule has 0 saturated carbocycles. The van der Waals surface area contributed by atoms with E-state index in [1.165, 1.54) is 0 Å². The topological polar surface area (TPSA) is 70.1 Å². The van der Waals surface area contributed by atoms with Crippen LogP contribution in [-0.4, -0.2) is 47.5 Å². The Bertz CT molecular complexity index is 446. The average Bonchev–Trinajstić information content (AvgIpc) is 2.50. The molecule has 0 spiro atoms. The fourth-order valence-electron chi connectivity index (χ4n) is 2.29. The van der Waals surface area contributed by atoms with E-state index in [9.17, 15) is 4.79 Å². The lowest BCUT2D eigenvalue weighted by atomic mass is 10.1. The Balaban J connectivity index is 2.65. The normalized spacial score (nSPS) is 10.3. The fourth-order valence-corrected chi connectivity index (χ4v) is 2.29. The molecular weight excluding hydrogens is 266 g/mol. The maximum Gasteiger partial charge on any atom is 0.224 e. The van der Waals surface area contributed by atoms with Gasteiger partial charge in [-0.05, 0) is 20.3 Å². The van der Waals surface area contributed by atoms with Gasteiger partial charge in [0.05, 0.1) is 0 Å². The first-order valence-electron chi connectivity index (χ1n) is 7.71. The van der Waals surface area contributed by atoms with E-state index in [4.69, 9.17) is 0 Å². The number of amides is 1. The molecule has 0 atom stereocenters. The van der Waals surface area contributed by atoms with Crippen molar-refractivity contribution in [3.05, 3.63) is 11.9 Å². The smallest absolute Gasteiger partial charge is 0.224 e. The zero-order valence-corrected chi connectivity index (χ0v) is 13.6. The zero-order chi connectivity index (χ0) is 15.7. The minimum absolute atomic E-state index is 0.174. The minimum atomic E-state index is 0.174. The van der Waals surface area contributed by atoms with Crippen LogP contribution in [0.2, 0.25) is 0 Å². The van der Waals surface area contributed by atoms with Crippen LogP contribution in [0.1, 0.15) is 39.2 Å². The Labute approximate surface area is 127 Å². The summed E-state index contributed by atoms with van der Waals surface area (Å²) >= 11 is 0. The number of nitrogens with one attached hydrogen (secondary N) is 2. The van der Waals surface area contributed by atoms with Gasteiger partial charge in [-0.1, -0.05) is 13.3 Å². The third-order valence-electron chi connectivity index (χ3n) is 3.43. The summed E-state index contributed by atoms with van der Waals surface area (Å²) in [5.74, 6) is 1.85. The van der Waals surface area contributed by atoms with Gasteiger partial charge in [0.15, 0.2) is 0 Å². The molecule has 21 heavy (non-hydrogen) atoms. The number of carbonyl (C=O) groups excluding carboxylic acids is 1. The van der Waals surface area contributed by atoms with Crippen molar-refractivity contribution in [3.8, 4) is 0 Å². The lowest BCUT2D eigenvalue weighted by Crippen LogP contribution is -2.31. The van der Waals surface area contributed by atoms with E-state index in [1.807, 2.05) is 25.8 Å². The molecule has 0 unspecified atom stereocenters. The molecule has 2 N–H and O–H groups in total. The molecule has 1 rings (SSSR count). The Morgan fingerprint density at radius 3 is 2.43 bits per heavy atom. The summed E-state index contributed by atoms with van der Waals surface area (Å²) in [4.78, 5) is 22.3. The number of aromatic nitrogens is 2. The second-order valence-corrected chi connectivity index (χ2v) is 4.79. The highest BCUT2D eigenvalue weighted by Crippen LogP contribution is 2.21. The quantitative estimate of drug-likeness (QED) is 0.730. The largest absolute Gasteiger partial charge is 0.373 e. The second-order valence-electron chi connectivity index (χ2n) is 4.79. The van der Waals surface area contributed by atoms with Gasteiger partial charge in [-0.2, -0.15) is 0 Å². The van der Waals surface area contributed by atoms with Gasteiger partial charge in [-0.25, -0.2) is 9.97 Å². The van der Waals surface area contributed by atoms with Crippen LogP contribution < -0.4 is 10.6 Å². The molecule has 0 aliphatic rings. The van der Waals surface area contributed by atoms with E-state index < -0.39 is 0 Å². The number of carbonyl (C=O) groups is 1. The van der Waals surface area contributed by atoms with E-state index in [2.05, 4.69) is 27.5 Å². The first-order chi connectivity index (χ1) is 10.2. The summed E-state index contributed by atoms with van der Waals surface area (Å²) in [7, 11) is 1.86. The van der Waals surface area contributed by atoms with E-state index >= 15 is 0 Å². The molecule has 0 fully saturated rings. The third kappa shape index (κ3) is 4.88. The fraction of sp³-hybridized carbons (Fsp3) is 0.667. The summed E-state index contributed by atoms with van der Waals surface area (Å²) in [5.41, 5.74) is 1.08. The maximum atomic E-state index is 12.0. The number of nitrogens with zero attached hydrogens (tertiary/aromatic N) is 3. The minimum Gasteiger partial charge on any atom is -0.373 e. The van der Waals surface area contributed by atoms with E-state index in [0.717, 1.165) is 43.1 Å². The van der Waals surface area contributed by atoms with Crippen LogP contribution in [-0.2, 0) is 11.2 Å². The Kier molecular flexibility index (Phi) is 7.50. The monoisotopic (exact) mass is 293 g/mol. The van der Waals surface area contributed by atoms with E-state index in [1.54, 1.807) is 6.33 Å². The SMILES string of the molecule is CCCc1c(NC)ncnc1NCCC(=O)N(CC)CC. The molecule has 0 aliphatic carbocycles. The Morgan fingerprint density at radius 2 is 1.86 bits per heavy atom. The lowest BCUT2D eigenvalue weighted by Gasteiger charge is -2.19. The van der Waals surface area contributed by atoms with Crippen molar-refractivity contribution in [1.82, 2.24) is 14.9 Å². The van der Waals surface area contributed by atoms with Crippen molar-refractivity contribution in [2.45, 2.75) is 40.0 Å². The predicted molar refractivity (Wildman–Crippen MR) is 86.6 cm³/mol. The summed E-state index contributed by atoms with van der Waals surface area (Å²) in [6.07, 6.45) is 3.95. The highest BCUT2D eigenvalue weighted by Gasteiger charge is 2.12. The molecule has 6 heteroatoms. The van der Waals surface area contributed by atoms with Gasteiger partial charge in [0, 0.05) is 38.7 Å². The Morgan fingerprint density at radius 1 is 1.19 bits per heavy atom. The van der Waals surface area contributed by atoms with Gasteiger partial charge in [-0.3, -0.25) is 4.79 Å². The van der Waals surface area contributed by atoms with Crippen LogP contribution in [0.4, 0.5) is 11.6 Å². The van der Waals surface area contributed by atoms with Crippen molar-refractivity contribution in [1.29, 1.82) is 0 Å². The molecule has 0 saturated heterocycles. The maximum absolute atomic E-state index is 12.0. The van der Waals surface area contributed by atoms with Gasteiger partial charge >= 0.3 is 0 Å². The number of hydrogen-bond acceptors (Lipinski definition) is 5. The van der Waals surface area contributed by atoms with Crippen LogP contribution in [0.15, 0.2) is 6.33 Å². The number of anilines is 2. The van der Waals surface area contributed by atoms with Crippen molar-refractivity contribution in [2.24, 2.45) is 0 Å². The van der Waals surface area contributed by atoms with Crippen molar-refractivity contribution in [2.75, 3.05) is 37.3 Å². The first kappa shape index (κ1) is 17.2. The molecule has 0 radical (unpaired) electrons. The van der Waals surface area contributed by atoms with Crippen LogP contribution in [0.5, 0.6) is 0 Å². The van der Waals surface area contributed by atoms with E-state index in [0.29, 0.717) is 13.0 Å². The highest BCUT2D eigenvalue weighted by atomic mass is 16.2.